The maximum absolute atomic E-state index is 12.7. The number of halogens is 3. The molecule has 3 rings (SSSR count). The summed E-state index contributed by atoms with van der Waals surface area (Å²) in [6.45, 7) is 5.05. The van der Waals surface area contributed by atoms with Gasteiger partial charge in [0.2, 0.25) is 0 Å². The molecule has 2 heterocycles. The van der Waals surface area contributed by atoms with E-state index in [2.05, 4.69) is 15.0 Å². The van der Waals surface area contributed by atoms with Gasteiger partial charge in [-0.05, 0) is 56.7 Å². The predicted octanol–water partition coefficient (Wildman–Crippen LogP) is 4.96. The monoisotopic (exact) mass is 419 g/mol. The van der Waals surface area contributed by atoms with Crippen molar-refractivity contribution in [1.82, 2.24) is 15.0 Å². The molecule has 30 heavy (non-hydrogen) atoms. The number of carboxylic acids is 1. The average Bonchev–Trinajstić information content (AvgIpc) is 3.17. The standard InChI is InChI=1S/C21H20F3N3O3/c1-12-8-14(30-11-20(2,3)19(28)29)5-6-15(12)16-7-4-13(9-25-16)18-26-10-17(27-18)21(22,23)24/h4-10H,11H2,1-3H3,(H,26,27)(H,28,29). The predicted molar refractivity (Wildman–Crippen MR) is 104 cm³/mol. The Kier molecular flexibility index (Phi) is 5.56. The third-order valence-electron chi connectivity index (χ3n) is 4.57. The second-order valence-electron chi connectivity index (χ2n) is 7.53. The number of rotatable bonds is 6. The summed E-state index contributed by atoms with van der Waals surface area (Å²) in [4.78, 5) is 21.5. The van der Waals surface area contributed by atoms with Crippen molar-refractivity contribution in [3.63, 3.8) is 0 Å². The van der Waals surface area contributed by atoms with Crippen LogP contribution in [0.5, 0.6) is 5.75 Å². The Hall–Kier alpha value is -3.36. The number of aliphatic carboxylic acids is 1. The van der Waals surface area contributed by atoms with Crippen LogP contribution in [-0.2, 0) is 11.0 Å². The molecular formula is C21H20F3N3O3. The van der Waals surface area contributed by atoms with Crippen LogP contribution in [0.3, 0.4) is 0 Å². The number of benzene rings is 1. The van der Waals surface area contributed by atoms with Crippen molar-refractivity contribution in [1.29, 1.82) is 0 Å². The zero-order valence-electron chi connectivity index (χ0n) is 16.5. The van der Waals surface area contributed by atoms with Crippen molar-refractivity contribution < 1.29 is 27.8 Å². The van der Waals surface area contributed by atoms with Crippen molar-refractivity contribution in [3.05, 3.63) is 54.0 Å². The van der Waals surface area contributed by atoms with Crippen LogP contribution in [-0.4, -0.2) is 32.6 Å². The van der Waals surface area contributed by atoms with Crippen LogP contribution in [0, 0.1) is 12.3 Å². The fraction of sp³-hybridized carbons (Fsp3) is 0.286. The van der Waals surface area contributed by atoms with E-state index in [9.17, 15) is 18.0 Å². The zero-order valence-corrected chi connectivity index (χ0v) is 16.5. The lowest BCUT2D eigenvalue weighted by Gasteiger charge is -2.20. The Bertz CT molecular complexity index is 1060. The number of hydrogen-bond acceptors (Lipinski definition) is 4. The van der Waals surface area contributed by atoms with Gasteiger partial charge in [0.15, 0.2) is 0 Å². The first-order valence-corrected chi connectivity index (χ1v) is 9.03. The quantitative estimate of drug-likeness (QED) is 0.590. The second kappa shape index (κ2) is 7.81. The minimum absolute atomic E-state index is 0.0249. The minimum atomic E-state index is -4.49. The molecule has 3 aromatic rings. The molecule has 0 aliphatic carbocycles. The molecule has 0 saturated heterocycles. The lowest BCUT2D eigenvalue weighted by atomic mass is 9.95. The molecule has 2 N–H and O–H groups in total. The van der Waals surface area contributed by atoms with Gasteiger partial charge >= 0.3 is 12.1 Å². The van der Waals surface area contributed by atoms with Crippen molar-refractivity contribution in [2.45, 2.75) is 26.9 Å². The van der Waals surface area contributed by atoms with E-state index >= 15 is 0 Å². The summed E-state index contributed by atoms with van der Waals surface area (Å²) in [5.41, 5.74) is 0.820. The zero-order chi connectivity index (χ0) is 22.1. The van der Waals surface area contributed by atoms with Gasteiger partial charge in [0.1, 0.15) is 23.9 Å². The summed E-state index contributed by atoms with van der Waals surface area (Å²) in [6.07, 6.45) is -2.29. The van der Waals surface area contributed by atoms with Gasteiger partial charge in [0.05, 0.1) is 17.3 Å². The highest BCUT2D eigenvalue weighted by Crippen LogP contribution is 2.31. The molecule has 0 radical (unpaired) electrons. The molecular weight excluding hydrogens is 399 g/mol. The number of H-pyrrole nitrogens is 1. The number of carbonyl (C=O) groups is 1. The number of nitrogens with zero attached hydrogens (tertiary/aromatic N) is 2. The van der Waals surface area contributed by atoms with Crippen LogP contribution >= 0.6 is 0 Å². The summed E-state index contributed by atoms with van der Waals surface area (Å²) >= 11 is 0. The van der Waals surface area contributed by atoms with Crippen LogP contribution in [0.15, 0.2) is 42.7 Å². The summed E-state index contributed by atoms with van der Waals surface area (Å²) in [5, 5.41) is 9.16. The van der Waals surface area contributed by atoms with E-state index in [1.165, 1.54) is 6.20 Å². The Morgan fingerprint density at radius 3 is 2.40 bits per heavy atom. The first kappa shape index (κ1) is 21.4. The fourth-order valence-corrected chi connectivity index (χ4v) is 2.64. The van der Waals surface area contributed by atoms with Crippen molar-refractivity contribution in [3.8, 4) is 28.4 Å². The highest BCUT2D eigenvalue weighted by Gasteiger charge is 2.33. The Morgan fingerprint density at radius 2 is 1.87 bits per heavy atom. The number of hydrogen-bond donors (Lipinski definition) is 2. The number of carboxylic acid groups (broad SMARTS) is 1. The van der Waals surface area contributed by atoms with Gasteiger partial charge in [0, 0.05) is 17.3 Å². The third-order valence-corrected chi connectivity index (χ3v) is 4.57. The number of ether oxygens (including phenoxy) is 1. The number of aromatic amines is 1. The third kappa shape index (κ3) is 4.61. The van der Waals surface area contributed by atoms with Gasteiger partial charge in [0.25, 0.3) is 0 Å². The van der Waals surface area contributed by atoms with E-state index in [1.54, 1.807) is 44.2 Å². The Morgan fingerprint density at radius 1 is 1.13 bits per heavy atom. The first-order valence-electron chi connectivity index (χ1n) is 9.03. The van der Waals surface area contributed by atoms with E-state index in [0.717, 1.165) is 17.3 Å². The molecule has 0 spiro atoms. The number of alkyl halides is 3. The highest BCUT2D eigenvalue weighted by molar-refractivity contribution is 5.73. The summed E-state index contributed by atoms with van der Waals surface area (Å²) in [5.74, 6) is -0.320. The number of aryl methyl sites for hydroxylation is 1. The van der Waals surface area contributed by atoms with Gasteiger partial charge in [-0.1, -0.05) is 0 Å². The van der Waals surface area contributed by atoms with E-state index in [4.69, 9.17) is 9.84 Å². The lowest BCUT2D eigenvalue weighted by Crippen LogP contribution is -2.30. The summed E-state index contributed by atoms with van der Waals surface area (Å²) in [6, 6.07) is 8.64. The molecule has 0 aliphatic rings. The van der Waals surface area contributed by atoms with Gasteiger partial charge < -0.3 is 14.8 Å². The SMILES string of the molecule is Cc1cc(OCC(C)(C)C(=O)O)ccc1-c1ccc(-c2ncc(C(F)(F)F)[nH]2)cn1. The maximum atomic E-state index is 12.7. The molecule has 6 nitrogen and oxygen atoms in total. The molecule has 2 aromatic heterocycles. The molecule has 0 saturated carbocycles. The van der Waals surface area contributed by atoms with Crippen molar-refractivity contribution >= 4 is 5.97 Å². The normalized spacial score (nSPS) is 12.1. The van der Waals surface area contributed by atoms with Crippen LogP contribution in [0.25, 0.3) is 22.6 Å². The van der Waals surface area contributed by atoms with Gasteiger partial charge in [-0.2, -0.15) is 13.2 Å². The molecule has 158 valence electrons. The van der Waals surface area contributed by atoms with Crippen LogP contribution in [0.4, 0.5) is 13.2 Å². The molecule has 0 unspecified atom stereocenters. The van der Waals surface area contributed by atoms with Crippen LogP contribution in [0.1, 0.15) is 25.1 Å². The maximum Gasteiger partial charge on any atom is 0.432 e. The van der Waals surface area contributed by atoms with Crippen LogP contribution in [0.2, 0.25) is 0 Å². The number of aromatic nitrogens is 3. The van der Waals surface area contributed by atoms with Gasteiger partial charge in [-0.25, -0.2) is 4.98 Å². The van der Waals surface area contributed by atoms with E-state index < -0.39 is 23.3 Å². The fourth-order valence-electron chi connectivity index (χ4n) is 2.64. The molecule has 0 amide bonds. The molecule has 0 bridgehead atoms. The minimum Gasteiger partial charge on any atom is -0.492 e. The van der Waals surface area contributed by atoms with Crippen molar-refractivity contribution in [2.24, 2.45) is 5.41 Å². The lowest BCUT2D eigenvalue weighted by molar-refractivity contribution is -0.148. The van der Waals surface area contributed by atoms with E-state index in [1.807, 2.05) is 6.92 Å². The number of imidazole rings is 1. The highest BCUT2D eigenvalue weighted by atomic mass is 19.4. The molecule has 0 fully saturated rings. The summed E-state index contributed by atoms with van der Waals surface area (Å²) in [7, 11) is 0. The van der Waals surface area contributed by atoms with Crippen LogP contribution < -0.4 is 4.74 Å². The van der Waals surface area contributed by atoms with Gasteiger partial charge in [-0.15, -0.1) is 0 Å². The smallest absolute Gasteiger partial charge is 0.432 e. The number of nitrogens with one attached hydrogen (secondary N) is 1. The second-order valence-corrected chi connectivity index (χ2v) is 7.53. The Balaban J connectivity index is 1.76. The average molecular weight is 419 g/mol. The van der Waals surface area contributed by atoms with E-state index in [-0.39, 0.29) is 12.4 Å². The molecule has 0 aliphatic heterocycles. The largest absolute Gasteiger partial charge is 0.492 e. The number of pyridine rings is 1. The summed E-state index contributed by atoms with van der Waals surface area (Å²) < 4.78 is 43.7. The molecule has 9 heteroatoms. The Labute approximate surface area is 170 Å². The van der Waals surface area contributed by atoms with Crippen molar-refractivity contribution in [2.75, 3.05) is 6.61 Å². The first-order chi connectivity index (χ1) is 14.0. The molecule has 0 atom stereocenters. The molecule has 1 aromatic carbocycles. The van der Waals surface area contributed by atoms with Gasteiger partial charge in [-0.3, -0.25) is 9.78 Å². The van der Waals surface area contributed by atoms with E-state index in [0.29, 0.717) is 17.0 Å². The topological polar surface area (TPSA) is 88.1 Å².